The zero-order valence-electron chi connectivity index (χ0n) is 8.90. The fourth-order valence-electron chi connectivity index (χ4n) is 1.40. The molecule has 1 heterocycles. The molecule has 1 aromatic carbocycles. The number of carbonyl (C=O) groups is 1. The van der Waals surface area contributed by atoms with Crippen LogP contribution in [0.1, 0.15) is 10.5 Å². The normalized spacial score (nSPS) is 10.2. The lowest BCUT2D eigenvalue weighted by Gasteiger charge is -2.03. The molecule has 0 aliphatic carbocycles. The van der Waals surface area contributed by atoms with E-state index in [-0.39, 0.29) is 5.69 Å². The summed E-state index contributed by atoms with van der Waals surface area (Å²) < 4.78 is 5.02. The Morgan fingerprint density at radius 3 is 2.76 bits per heavy atom. The summed E-state index contributed by atoms with van der Waals surface area (Å²) in [6.07, 6.45) is 0. The van der Waals surface area contributed by atoms with Gasteiger partial charge in [0.2, 0.25) is 0 Å². The monoisotopic (exact) mass is 252 g/mol. The van der Waals surface area contributed by atoms with E-state index < -0.39 is 5.97 Å². The number of rotatable bonds is 3. The lowest BCUT2D eigenvalue weighted by molar-refractivity contribution is 0.0690. The Morgan fingerprint density at radius 2 is 2.24 bits per heavy atom. The van der Waals surface area contributed by atoms with Gasteiger partial charge in [0.05, 0.1) is 17.8 Å². The minimum absolute atomic E-state index is 0.0203. The van der Waals surface area contributed by atoms with Crippen molar-refractivity contribution < 1.29 is 14.6 Å². The number of nitrogens with one attached hydrogen (secondary N) is 1. The van der Waals surface area contributed by atoms with Gasteiger partial charge >= 0.3 is 5.97 Å². The Bertz CT molecular complexity index is 566. The molecule has 0 amide bonds. The number of methoxy groups -OCH3 is 1. The second kappa shape index (κ2) is 4.47. The molecular weight excluding hydrogens is 244 g/mol. The minimum Gasteiger partial charge on any atom is -0.497 e. The molecule has 0 saturated heterocycles. The van der Waals surface area contributed by atoms with Crippen molar-refractivity contribution in [2.45, 2.75) is 0 Å². The first-order valence-electron chi connectivity index (χ1n) is 4.74. The van der Waals surface area contributed by atoms with Crippen molar-refractivity contribution in [1.82, 2.24) is 10.2 Å². The predicted octanol–water partition coefficient (Wildman–Crippen LogP) is 2.44. The third-order valence-corrected chi connectivity index (χ3v) is 2.57. The number of H-pyrrole nitrogens is 1. The minimum atomic E-state index is -1.06. The third kappa shape index (κ3) is 2.24. The molecule has 17 heavy (non-hydrogen) atoms. The Labute approximate surface area is 102 Å². The average Bonchev–Trinajstić information content (AvgIpc) is 2.78. The number of nitrogens with zero attached hydrogens (tertiary/aromatic N) is 1. The van der Waals surface area contributed by atoms with Gasteiger partial charge in [-0.25, -0.2) is 4.79 Å². The predicted molar refractivity (Wildman–Crippen MR) is 62.5 cm³/mol. The van der Waals surface area contributed by atoms with Crippen LogP contribution in [0.3, 0.4) is 0 Å². The van der Waals surface area contributed by atoms with Gasteiger partial charge in [-0.05, 0) is 24.3 Å². The molecular formula is C11H9ClN2O3. The van der Waals surface area contributed by atoms with Crippen molar-refractivity contribution in [3.8, 4) is 17.0 Å². The SMILES string of the molecule is COc1ccc(-c2cc(C(=O)O)[nH]n2)c(Cl)c1. The second-order valence-electron chi connectivity index (χ2n) is 3.32. The number of hydrogen-bond acceptors (Lipinski definition) is 3. The van der Waals surface area contributed by atoms with Crippen molar-refractivity contribution in [3.05, 3.63) is 35.0 Å². The number of benzene rings is 1. The van der Waals surface area contributed by atoms with Gasteiger partial charge in [-0.3, -0.25) is 5.10 Å². The Balaban J connectivity index is 2.42. The van der Waals surface area contributed by atoms with Gasteiger partial charge in [-0.1, -0.05) is 11.6 Å². The maximum Gasteiger partial charge on any atom is 0.353 e. The quantitative estimate of drug-likeness (QED) is 0.880. The Hall–Kier alpha value is -2.01. The van der Waals surface area contributed by atoms with Crippen LogP contribution in [0, 0.1) is 0 Å². The fraction of sp³-hybridized carbons (Fsp3) is 0.0909. The molecule has 0 bridgehead atoms. The van der Waals surface area contributed by atoms with E-state index >= 15 is 0 Å². The summed E-state index contributed by atoms with van der Waals surface area (Å²) in [6, 6.07) is 6.53. The van der Waals surface area contributed by atoms with Crippen LogP contribution in [0.5, 0.6) is 5.75 Å². The lowest BCUT2D eigenvalue weighted by Crippen LogP contribution is -1.95. The van der Waals surface area contributed by atoms with Crippen LogP contribution >= 0.6 is 11.6 Å². The number of hydrogen-bond donors (Lipinski definition) is 2. The molecule has 0 atom stereocenters. The standard InChI is InChI=1S/C11H9ClN2O3/c1-17-6-2-3-7(8(12)4-6)9-5-10(11(15)16)14-13-9/h2-5H,1H3,(H,13,14)(H,15,16). The number of halogens is 1. The van der Waals surface area contributed by atoms with Crippen LogP contribution in [0.2, 0.25) is 5.02 Å². The van der Waals surface area contributed by atoms with Crippen molar-refractivity contribution in [1.29, 1.82) is 0 Å². The van der Waals surface area contributed by atoms with Gasteiger partial charge in [-0.2, -0.15) is 5.10 Å². The number of aromatic carboxylic acids is 1. The first-order chi connectivity index (χ1) is 8.11. The highest BCUT2D eigenvalue weighted by Crippen LogP contribution is 2.30. The van der Waals surface area contributed by atoms with E-state index in [1.807, 2.05) is 0 Å². The first-order valence-corrected chi connectivity index (χ1v) is 5.12. The fourth-order valence-corrected chi connectivity index (χ4v) is 1.67. The highest BCUT2D eigenvalue weighted by molar-refractivity contribution is 6.33. The molecule has 88 valence electrons. The molecule has 0 aliphatic rings. The largest absolute Gasteiger partial charge is 0.497 e. The van der Waals surface area contributed by atoms with E-state index in [4.69, 9.17) is 21.4 Å². The van der Waals surface area contributed by atoms with Crippen LogP contribution in [0.4, 0.5) is 0 Å². The Morgan fingerprint density at radius 1 is 1.47 bits per heavy atom. The number of carboxylic acid groups (broad SMARTS) is 1. The summed E-state index contributed by atoms with van der Waals surface area (Å²) >= 11 is 6.05. The van der Waals surface area contributed by atoms with Crippen molar-refractivity contribution in [2.75, 3.05) is 7.11 Å². The number of aromatic amines is 1. The molecule has 2 rings (SSSR count). The summed E-state index contributed by atoms with van der Waals surface area (Å²) in [5.74, 6) is -0.430. The Kier molecular flexibility index (Phi) is 3.01. The molecule has 0 spiro atoms. The maximum atomic E-state index is 10.7. The number of aromatic nitrogens is 2. The van der Waals surface area contributed by atoms with Gasteiger partial charge < -0.3 is 9.84 Å². The smallest absolute Gasteiger partial charge is 0.353 e. The topological polar surface area (TPSA) is 75.2 Å². The molecule has 0 aliphatic heterocycles. The van der Waals surface area contributed by atoms with Crippen LogP contribution in [0.25, 0.3) is 11.3 Å². The van der Waals surface area contributed by atoms with E-state index in [9.17, 15) is 4.79 Å². The van der Waals surface area contributed by atoms with E-state index in [1.165, 1.54) is 6.07 Å². The number of carboxylic acids is 1. The van der Waals surface area contributed by atoms with Gasteiger partial charge in [-0.15, -0.1) is 0 Å². The van der Waals surface area contributed by atoms with Crippen LogP contribution < -0.4 is 4.74 Å². The summed E-state index contributed by atoms with van der Waals surface area (Å²) in [6.45, 7) is 0. The zero-order chi connectivity index (χ0) is 12.4. The van der Waals surface area contributed by atoms with Gasteiger partial charge in [0, 0.05) is 5.56 Å². The molecule has 0 unspecified atom stereocenters. The van der Waals surface area contributed by atoms with Crippen LogP contribution in [-0.4, -0.2) is 28.4 Å². The molecule has 6 heteroatoms. The van der Waals surface area contributed by atoms with Gasteiger partial charge in [0.25, 0.3) is 0 Å². The maximum absolute atomic E-state index is 10.7. The molecule has 0 saturated carbocycles. The molecule has 0 radical (unpaired) electrons. The molecule has 0 fully saturated rings. The molecule has 1 aromatic heterocycles. The molecule has 2 aromatic rings. The zero-order valence-corrected chi connectivity index (χ0v) is 9.65. The van der Waals surface area contributed by atoms with Crippen LogP contribution in [-0.2, 0) is 0 Å². The van der Waals surface area contributed by atoms with Crippen molar-refractivity contribution in [3.63, 3.8) is 0 Å². The van der Waals surface area contributed by atoms with E-state index in [1.54, 1.807) is 25.3 Å². The van der Waals surface area contributed by atoms with Crippen molar-refractivity contribution in [2.24, 2.45) is 0 Å². The van der Waals surface area contributed by atoms with Gasteiger partial charge in [0.15, 0.2) is 0 Å². The van der Waals surface area contributed by atoms with E-state index in [0.29, 0.717) is 22.0 Å². The van der Waals surface area contributed by atoms with Crippen molar-refractivity contribution >= 4 is 17.6 Å². The number of ether oxygens (including phenoxy) is 1. The van der Waals surface area contributed by atoms with Gasteiger partial charge in [0.1, 0.15) is 11.4 Å². The first kappa shape index (κ1) is 11.5. The molecule has 5 nitrogen and oxygen atoms in total. The van der Waals surface area contributed by atoms with Crippen LogP contribution in [0.15, 0.2) is 24.3 Å². The average molecular weight is 253 g/mol. The molecule has 2 N–H and O–H groups in total. The third-order valence-electron chi connectivity index (χ3n) is 2.26. The second-order valence-corrected chi connectivity index (χ2v) is 3.72. The highest BCUT2D eigenvalue weighted by Gasteiger charge is 2.12. The highest BCUT2D eigenvalue weighted by atomic mass is 35.5. The summed E-state index contributed by atoms with van der Waals surface area (Å²) in [5, 5.41) is 15.5. The summed E-state index contributed by atoms with van der Waals surface area (Å²) in [5.41, 5.74) is 1.15. The summed E-state index contributed by atoms with van der Waals surface area (Å²) in [4.78, 5) is 10.7. The lowest BCUT2D eigenvalue weighted by atomic mass is 10.1. The van der Waals surface area contributed by atoms with E-state index in [2.05, 4.69) is 10.2 Å². The van der Waals surface area contributed by atoms with E-state index in [0.717, 1.165) is 0 Å². The summed E-state index contributed by atoms with van der Waals surface area (Å²) in [7, 11) is 1.54.